The summed E-state index contributed by atoms with van der Waals surface area (Å²) in [6.07, 6.45) is 0. The van der Waals surface area contributed by atoms with Crippen LogP contribution in [0.3, 0.4) is 0 Å². The number of anilines is 1. The summed E-state index contributed by atoms with van der Waals surface area (Å²) < 4.78 is 16.4. The number of aliphatic hydroxyl groups excluding tert-OH is 1. The highest BCUT2D eigenvalue weighted by atomic mass is 32.1. The molecule has 0 aliphatic carbocycles. The van der Waals surface area contributed by atoms with Crippen LogP contribution in [0.1, 0.15) is 31.8 Å². The van der Waals surface area contributed by atoms with Gasteiger partial charge in [0.25, 0.3) is 5.91 Å². The first kappa shape index (κ1) is 22.8. The number of Topliss-reactive ketones (excluding diaryl/α,β-unsaturated/α-hetero) is 1. The molecular formula is C23H22N2O6S2. The Morgan fingerprint density at radius 2 is 1.79 bits per heavy atom. The second-order valence-electron chi connectivity index (χ2n) is 7.24. The number of carbonyl (C=O) groups excluding carboxylic acids is 2. The Kier molecular flexibility index (Phi) is 6.13. The minimum atomic E-state index is -0.939. The lowest BCUT2D eigenvalue weighted by Gasteiger charge is -2.25. The molecule has 0 fully saturated rings. The van der Waals surface area contributed by atoms with Crippen molar-refractivity contribution in [1.82, 2.24) is 4.98 Å². The number of hydrogen-bond donors (Lipinski definition) is 1. The van der Waals surface area contributed by atoms with E-state index in [-0.39, 0.29) is 5.57 Å². The Morgan fingerprint density at radius 3 is 2.27 bits per heavy atom. The summed E-state index contributed by atoms with van der Waals surface area (Å²) in [7, 11) is 4.46. The number of thiophene rings is 1. The highest BCUT2D eigenvalue weighted by Gasteiger charge is 2.46. The van der Waals surface area contributed by atoms with Crippen LogP contribution in [-0.2, 0) is 4.79 Å². The SMILES string of the molecule is COc1cc([C@H]2C(C(=O)c3cccs3)=C(O)C(=O)N2c2nc(C)c(C)s2)cc(OC)c1OC. The largest absolute Gasteiger partial charge is 0.503 e. The maximum atomic E-state index is 13.4. The maximum Gasteiger partial charge on any atom is 0.296 e. The summed E-state index contributed by atoms with van der Waals surface area (Å²) in [5.41, 5.74) is 1.25. The van der Waals surface area contributed by atoms with E-state index in [1.165, 1.54) is 48.9 Å². The molecule has 0 radical (unpaired) electrons. The highest BCUT2D eigenvalue weighted by Crippen LogP contribution is 2.47. The number of aliphatic hydroxyl groups is 1. The molecule has 0 saturated heterocycles. The van der Waals surface area contributed by atoms with E-state index in [9.17, 15) is 14.7 Å². The van der Waals surface area contributed by atoms with Gasteiger partial charge in [0.2, 0.25) is 11.5 Å². The molecule has 1 aromatic carbocycles. The van der Waals surface area contributed by atoms with Gasteiger partial charge in [-0.15, -0.1) is 22.7 Å². The third-order valence-electron chi connectivity index (χ3n) is 5.42. The van der Waals surface area contributed by atoms with E-state index in [1.54, 1.807) is 29.6 Å². The minimum absolute atomic E-state index is 0.0257. The van der Waals surface area contributed by atoms with Crippen LogP contribution in [0.4, 0.5) is 5.13 Å². The van der Waals surface area contributed by atoms with Gasteiger partial charge in [0, 0.05) is 4.88 Å². The molecule has 10 heteroatoms. The molecular weight excluding hydrogens is 464 g/mol. The van der Waals surface area contributed by atoms with Gasteiger partial charge < -0.3 is 19.3 Å². The number of benzene rings is 1. The Bertz CT molecular complexity index is 1220. The fourth-order valence-corrected chi connectivity index (χ4v) is 5.32. The third-order valence-corrected chi connectivity index (χ3v) is 7.36. The van der Waals surface area contributed by atoms with Gasteiger partial charge in [-0.3, -0.25) is 14.5 Å². The number of hydrogen-bond acceptors (Lipinski definition) is 9. The number of ketones is 1. The predicted octanol–water partition coefficient (Wildman–Crippen LogP) is 4.63. The molecule has 0 saturated carbocycles. The first-order chi connectivity index (χ1) is 15.8. The molecule has 3 aromatic rings. The minimum Gasteiger partial charge on any atom is -0.503 e. The van der Waals surface area contributed by atoms with Gasteiger partial charge in [0.1, 0.15) is 0 Å². The van der Waals surface area contributed by atoms with Crippen molar-refractivity contribution in [2.75, 3.05) is 26.2 Å². The van der Waals surface area contributed by atoms with E-state index < -0.39 is 23.5 Å². The Hall–Kier alpha value is -3.37. The van der Waals surface area contributed by atoms with Crippen molar-refractivity contribution in [3.05, 3.63) is 62.0 Å². The number of aromatic nitrogens is 1. The zero-order chi connectivity index (χ0) is 23.9. The number of ether oxygens (including phenoxy) is 3. The molecule has 1 atom stereocenters. The molecule has 1 aliphatic rings. The van der Waals surface area contributed by atoms with Crippen LogP contribution < -0.4 is 19.1 Å². The zero-order valence-electron chi connectivity index (χ0n) is 18.7. The first-order valence-electron chi connectivity index (χ1n) is 9.91. The summed E-state index contributed by atoms with van der Waals surface area (Å²) in [6.45, 7) is 3.74. The normalized spacial score (nSPS) is 15.8. The lowest BCUT2D eigenvalue weighted by molar-refractivity contribution is -0.117. The zero-order valence-corrected chi connectivity index (χ0v) is 20.3. The number of methoxy groups -OCH3 is 3. The Labute approximate surface area is 198 Å². The molecule has 1 aliphatic heterocycles. The summed E-state index contributed by atoms with van der Waals surface area (Å²) in [5.74, 6) is -0.623. The van der Waals surface area contributed by atoms with Crippen LogP contribution in [-0.4, -0.2) is 43.1 Å². The molecule has 1 amide bonds. The van der Waals surface area contributed by atoms with Crippen molar-refractivity contribution in [3.63, 3.8) is 0 Å². The maximum absolute atomic E-state index is 13.4. The van der Waals surface area contributed by atoms with Gasteiger partial charge >= 0.3 is 0 Å². The van der Waals surface area contributed by atoms with Crippen LogP contribution >= 0.6 is 22.7 Å². The van der Waals surface area contributed by atoms with Gasteiger partial charge in [0.15, 0.2) is 22.4 Å². The van der Waals surface area contributed by atoms with E-state index in [4.69, 9.17) is 14.2 Å². The number of nitrogens with zero attached hydrogens (tertiary/aromatic N) is 2. The second-order valence-corrected chi connectivity index (χ2v) is 9.37. The van der Waals surface area contributed by atoms with Crippen LogP contribution in [0.15, 0.2) is 41.0 Å². The lowest BCUT2D eigenvalue weighted by Crippen LogP contribution is -2.31. The van der Waals surface area contributed by atoms with Gasteiger partial charge in [0.05, 0.1) is 43.5 Å². The average Bonchev–Trinajstić information content (AvgIpc) is 3.52. The lowest BCUT2D eigenvalue weighted by atomic mass is 9.95. The Balaban J connectivity index is 1.96. The van der Waals surface area contributed by atoms with Crippen molar-refractivity contribution in [2.24, 2.45) is 0 Å². The van der Waals surface area contributed by atoms with Crippen molar-refractivity contribution in [2.45, 2.75) is 19.9 Å². The molecule has 1 N–H and O–H groups in total. The number of amides is 1. The summed E-state index contributed by atoms with van der Waals surface area (Å²) in [5, 5.41) is 13.0. The third kappa shape index (κ3) is 3.75. The molecule has 0 unspecified atom stereocenters. The monoisotopic (exact) mass is 486 g/mol. The van der Waals surface area contributed by atoms with Crippen molar-refractivity contribution in [3.8, 4) is 17.2 Å². The van der Waals surface area contributed by atoms with Crippen LogP contribution in [0, 0.1) is 13.8 Å². The summed E-state index contributed by atoms with van der Waals surface area (Å²) in [4.78, 5) is 33.9. The van der Waals surface area contributed by atoms with Gasteiger partial charge in [-0.1, -0.05) is 6.07 Å². The molecule has 3 heterocycles. The molecule has 0 spiro atoms. The van der Waals surface area contributed by atoms with Crippen LogP contribution in [0.2, 0.25) is 0 Å². The topological polar surface area (TPSA) is 98.2 Å². The van der Waals surface area contributed by atoms with Gasteiger partial charge in [-0.25, -0.2) is 4.98 Å². The summed E-state index contributed by atoms with van der Waals surface area (Å²) in [6, 6.07) is 5.79. The van der Waals surface area contributed by atoms with Crippen LogP contribution in [0.5, 0.6) is 17.2 Å². The van der Waals surface area contributed by atoms with Crippen molar-refractivity contribution >= 4 is 39.5 Å². The molecule has 8 nitrogen and oxygen atoms in total. The number of carbonyl (C=O) groups is 2. The first-order valence-corrected chi connectivity index (χ1v) is 11.6. The molecule has 4 rings (SSSR count). The second kappa shape index (κ2) is 8.87. The van der Waals surface area contributed by atoms with Crippen LogP contribution in [0.25, 0.3) is 0 Å². The van der Waals surface area contributed by atoms with Crippen molar-refractivity contribution < 1.29 is 28.9 Å². The molecule has 33 heavy (non-hydrogen) atoms. The smallest absolute Gasteiger partial charge is 0.296 e. The van der Waals surface area contributed by atoms with Crippen molar-refractivity contribution in [1.29, 1.82) is 0 Å². The molecule has 0 bridgehead atoms. The van der Waals surface area contributed by atoms with Gasteiger partial charge in [-0.05, 0) is 43.0 Å². The van der Waals surface area contributed by atoms with Gasteiger partial charge in [-0.2, -0.15) is 0 Å². The number of aryl methyl sites for hydroxylation is 2. The van der Waals surface area contributed by atoms with E-state index in [1.807, 2.05) is 13.8 Å². The molecule has 172 valence electrons. The fraction of sp³-hybridized carbons (Fsp3) is 0.261. The molecule has 2 aromatic heterocycles. The summed E-state index contributed by atoms with van der Waals surface area (Å²) >= 11 is 2.55. The Morgan fingerprint density at radius 1 is 1.12 bits per heavy atom. The fourth-order valence-electron chi connectivity index (χ4n) is 3.71. The van der Waals surface area contributed by atoms with E-state index in [0.717, 1.165) is 10.6 Å². The van der Waals surface area contributed by atoms with E-state index in [0.29, 0.717) is 32.8 Å². The average molecular weight is 487 g/mol. The van der Waals surface area contributed by atoms with E-state index in [2.05, 4.69) is 4.98 Å². The van der Waals surface area contributed by atoms with E-state index >= 15 is 0 Å². The highest BCUT2D eigenvalue weighted by molar-refractivity contribution is 7.16. The number of thiazole rings is 1. The standard InChI is InChI=1S/C23H22N2O6S2/c1-11-12(2)33-23(24-11)25-18(13-9-14(29-3)21(31-5)15(10-13)30-4)17(20(27)22(25)28)19(26)16-7-6-8-32-16/h6-10,18,27H,1-5H3/t18-/m0/s1. The predicted molar refractivity (Wildman–Crippen MR) is 126 cm³/mol. The quantitative estimate of drug-likeness (QED) is 0.486. The number of rotatable bonds is 7.